The number of hydrogen-bond acceptors (Lipinski definition) is 7. The average Bonchev–Trinajstić information content (AvgIpc) is 2.76. The van der Waals surface area contributed by atoms with Gasteiger partial charge in [-0.25, -0.2) is 4.79 Å². The lowest BCUT2D eigenvalue weighted by Gasteiger charge is -2.20. The molecule has 1 aromatic rings. The number of carbonyl (C=O) groups excluding carboxylic acids is 1. The van der Waals surface area contributed by atoms with E-state index in [0.717, 1.165) is 18.9 Å². The molecule has 0 aliphatic heterocycles. The van der Waals surface area contributed by atoms with Crippen LogP contribution in [0.25, 0.3) is 6.08 Å². The van der Waals surface area contributed by atoms with E-state index < -0.39 is 42.3 Å². The number of carboxylic acid groups (broad SMARTS) is 2. The minimum Gasteiger partial charge on any atom is -0.493 e. The Hall–Kier alpha value is -2.91. The smallest absolute Gasteiger partial charge is 0.328 e. The van der Waals surface area contributed by atoms with Crippen molar-refractivity contribution in [1.82, 2.24) is 0 Å². The highest BCUT2D eigenvalue weighted by Gasteiger charge is 2.32. The predicted octanol–water partition coefficient (Wildman–Crippen LogP) is 2.24. The molecular weight excluding hydrogens is 408 g/mol. The van der Waals surface area contributed by atoms with E-state index >= 15 is 0 Å². The molecule has 9 nitrogen and oxygen atoms in total. The van der Waals surface area contributed by atoms with Crippen molar-refractivity contribution in [3.8, 4) is 11.5 Å². The summed E-state index contributed by atoms with van der Waals surface area (Å²) in [5, 5.41) is 35.3. The third-order valence-electron chi connectivity index (χ3n) is 4.58. The van der Waals surface area contributed by atoms with Crippen LogP contribution in [0.1, 0.15) is 38.7 Å². The molecule has 0 spiro atoms. The average molecular weight is 440 g/mol. The standard InChI is InChI=1S/C11H20O5.C11H12O4/c1-3-4-5-8(11(15)16)7(2)10(14)9(13)6-12;1-14-9-5-3-4-8(11(9)15-2)6-7-10(12)13/h7-9,12-13H,3-6H2,1-2H3,(H,15,16);3-7H,1-2H3,(H,12,13)/b;7-6+. The summed E-state index contributed by atoms with van der Waals surface area (Å²) >= 11 is 0. The van der Waals surface area contributed by atoms with E-state index in [0.29, 0.717) is 23.5 Å². The lowest BCUT2D eigenvalue weighted by Crippen LogP contribution is -2.36. The van der Waals surface area contributed by atoms with Gasteiger partial charge in [0.25, 0.3) is 0 Å². The Morgan fingerprint density at radius 2 is 1.77 bits per heavy atom. The number of hydrogen-bond donors (Lipinski definition) is 4. The van der Waals surface area contributed by atoms with E-state index in [-0.39, 0.29) is 0 Å². The Morgan fingerprint density at radius 1 is 1.13 bits per heavy atom. The maximum atomic E-state index is 11.5. The first kappa shape index (κ1) is 28.1. The van der Waals surface area contributed by atoms with Crippen molar-refractivity contribution < 1.29 is 44.3 Å². The predicted molar refractivity (Wildman–Crippen MR) is 114 cm³/mol. The highest BCUT2D eigenvalue weighted by Crippen LogP contribution is 2.31. The molecular formula is C22H32O9. The van der Waals surface area contributed by atoms with Gasteiger partial charge < -0.3 is 29.9 Å². The van der Waals surface area contributed by atoms with Crippen molar-refractivity contribution in [2.45, 2.75) is 39.2 Å². The molecule has 0 fully saturated rings. The van der Waals surface area contributed by atoms with E-state index in [4.69, 9.17) is 29.9 Å². The number of aliphatic carboxylic acids is 2. The fourth-order valence-electron chi connectivity index (χ4n) is 2.81. The number of carboxylic acids is 2. The highest BCUT2D eigenvalue weighted by atomic mass is 16.5. The summed E-state index contributed by atoms with van der Waals surface area (Å²) in [6.07, 6.45) is 3.04. The number of aliphatic hydroxyl groups is 2. The first-order chi connectivity index (χ1) is 14.6. The van der Waals surface area contributed by atoms with Gasteiger partial charge in [0.15, 0.2) is 17.3 Å². The fourth-order valence-corrected chi connectivity index (χ4v) is 2.81. The van der Waals surface area contributed by atoms with Gasteiger partial charge >= 0.3 is 11.9 Å². The molecule has 9 heteroatoms. The second-order valence-corrected chi connectivity index (χ2v) is 6.73. The van der Waals surface area contributed by atoms with Crippen molar-refractivity contribution >= 4 is 23.8 Å². The molecule has 174 valence electrons. The molecule has 0 heterocycles. The molecule has 0 aliphatic rings. The van der Waals surface area contributed by atoms with Crippen LogP contribution in [0.3, 0.4) is 0 Å². The first-order valence-electron chi connectivity index (χ1n) is 9.81. The Balaban J connectivity index is 0.000000581. The van der Waals surface area contributed by atoms with Gasteiger partial charge in [0.1, 0.15) is 6.10 Å². The van der Waals surface area contributed by atoms with Crippen LogP contribution in [0.2, 0.25) is 0 Å². The number of benzene rings is 1. The number of rotatable bonds is 12. The summed E-state index contributed by atoms with van der Waals surface area (Å²) in [6.45, 7) is 2.76. The van der Waals surface area contributed by atoms with Crippen molar-refractivity contribution in [3.05, 3.63) is 29.8 Å². The molecule has 0 radical (unpaired) electrons. The quantitative estimate of drug-likeness (QED) is 0.359. The van der Waals surface area contributed by atoms with E-state index in [1.165, 1.54) is 27.2 Å². The molecule has 3 atom stereocenters. The summed E-state index contributed by atoms with van der Waals surface area (Å²) in [5.41, 5.74) is 0.666. The number of para-hydroxylation sites is 1. The number of unbranched alkanes of at least 4 members (excludes halogenated alkanes) is 1. The number of Topliss-reactive ketones (excluding diaryl/α,β-unsaturated/α-hetero) is 1. The molecule has 31 heavy (non-hydrogen) atoms. The lowest BCUT2D eigenvalue weighted by molar-refractivity contribution is -0.149. The van der Waals surface area contributed by atoms with Crippen LogP contribution in [0.5, 0.6) is 11.5 Å². The zero-order valence-electron chi connectivity index (χ0n) is 18.3. The maximum Gasteiger partial charge on any atom is 0.328 e. The Bertz CT molecular complexity index is 742. The van der Waals surface area contributed by atoms with Crippen LogP contribution in [-0.2, 0) is 14.4 Å². The zero-order chi connectivity index (χ0) is 24.0. The summed E-state index contributed by atoms with van der Waals surface area (Å²) in [4.78, 5) is 32.8. The molecule has 0 bridgehead atoms. The van der Waals surface area contributed by atoms with Crippen LogP contribution in [0.4, 0.5) is 0 Å². The van der Waals surface area contributed by atoms with Crippen LogP contribution in [0.15, 0.2) is 24.3 Å². The van der Waals surface area contributed by atoms with Gasteiger partial charge in [-0.3, -0.25) is 9.59 Å². The highest BCUT2D eigenvalue weighted by molar-refractivity contribution is 5.89. The van der Waals surface area contributed by atoms with Crippen molar-refractivity contribution in [2.24, 2.45) is 11.8 Å². The summed E-state index contributed by atoms with van der Waals surface area (Å²) in [7, 11) is 3.04. The Labute approximate surface area is 181 Å². The second-order valence-electron chi connectivity index (χ2n) is 6.73. The number of aliphatic hydroxyl groups excluding tert-OH is 2. The second kappa shape index (κ2) is 15.0. The normalized spacial score (nSPS) is 13.5. The summed E-state index contributed by atoms with van der Waals surface area (Å²) < 4.78 is 10.2. The van der Waals surface area contributed by atoms with Crippen LogP contribution in [-0.4, -0.2) is 65.1 Å². The van der Waals surface area contributed by atoms with Crippen LogP contribution in [0, 0.1) is 11.8 Å². The van der Waals surface area contributed by atoms with Gasteiger partial charge in [-0.2, -0.15) is 0 Å². The molecule has 3 unspecified atom stereocenters. The fraction of sp³-hybridized carbons (Fsp3) is 0.500. The zero-order valence-corrected chi connectivity index (χ0v) is 18.3. The van der Waals surface area contributed by atoms with E-state index in [2.05, 4.69) is 0 Å². The SMILES string of the molecule is CCCCC(C(=O)O)C(C)C(=O)C(O)CO.COc1cccc(/C=C/C(=O)O)c1OC. The van der Waals surface area contributed by atoms with E-state index in [1.54, 1.807) is 18.2 Å². The molecule has 0 amide bonds. The number of ether oxygens (including phenoxy) is 2. The Morgan fingerprint density at radius 3 is 2.23 bits per heavy atom. The maximum absolute atomic E-state index is 11.5. The number of carbonyl (C=O) groups is 3. The van der Waals surface area contributed by atoms with Gasteiger partial charge in [0.2, 0.25) is 0 Å². The third-order valence-corrected chi connectivity index (χ3v) is 4.58. The summed E-state index contributed by atoms with van der Waals surface area (Å²) in [6, 6.07) is 5.26. The van der Waals surface area contributed by atoms with Crippen LogP contribution >= 0.6 is 0 Å². The van der Waals surface area contributed by atoms with Gasteiger partial charge in [-0.1, -0.05) is 38.8 Å². The monoisotopic (exact) mass is 440 g/mol. The van der Waals surface area contributed by atoms with Gasteiger partial charge in [-0.15, -0.1) is 0 Å². The molecule has 0 aliphatic carbocycles. The molecule has 0 saturated heterocycles. The molecule has 1 rings (SSSR count). The lowest BCUT2D eigenvalue weighted by atomic mass is 9.84. The first-order valence-corrected chi connectivity index (χ1v) is 9.81. The van der Waals surface area contributed by atoms with Gasteiger partial charge in [0, 0.05) is 17.6 Å². The van der Waals surface area contributed by atoms with Crippen LogP contribution < -0.4 is 9.47 Å². The molecule has 0 aromatic heterocycles. The molecule has 1 aromatic carbocycles. The largest absolute Gasteiger partial charge is 0.493 e. The minimum atomic E-state index is -1.47. The topological polar surface area (TPSA) is 151 Å². The molecule has 0 saturated carbocycles. The van der Waals surface area contributed by atoms with Crippen molar-refractivity contribution in [2.75, 3.05) is 20.8 Å². The van der Waals surface area contributed by atoms with E-state index in [1.807, 2.05) is 6.92 Å². The minimum absolute atomic E-state index is 0.414. The number of ketones is 1. The number of methoxy groups -OCH3 is 2. The van der Waals surface area contributed by atoms with Crippen molar-refractivity contribution in [1.29, 1.82) is 0 Å². The van der Waals surface area contributed by atoms with Gasteiger partial charge in [0.05, 0.1) is 26.7 Å². The summed E-state index contributed by atoms with van der Waals surface area (Å²) in [5.74, 6) is -3.09. The van der Waals surface area contributed by atoms with Crippen molar-refractivity contribution in [3.63, 3.8) is 0 Å². The Kier molecular flexibility index (Phi) is 13.6. The molecule has 4 N–H and O–H groups in total. The van der Waals surface area contributed by atoms with Gasteiger partial charge in [-0.05, 0) is 18.6 Å². The van der Waals surface area contributed by atoms with E-state index in [9.17, 15) is 14.4 Å². The third kappa shape index (κ3) is 9.63.